The first-order valence-corrected chi connectivity index (χ1v) is 4.57. The zero-order valence-electron chi connectivity index (χ0n) is 8.40. The first-order valence-electron chi connectivity index (χ1n) is 4.57. The van der Waals surface area contributed by atoms with Crippen molar-refractivity contribution in [3.8, 4) is 0 Å². The third-order valence-corrected chi connectivity index (χ3v) is 1.97. The van der Waals surface area contributed by atoms with Crippen LogP contribution in [0.1, 0.15) is 13.8 Å². The molecule has 1 atom stereocenters. The summed E-state index contributed by atoms with van der Waals surface area (Å²) in [4.78, 5) is 15.3. The minimum absolute atomic E-state index is 0.136. The van der Waals surface area contributed by atoms with Gasteiger partial charge < -0.3 is 11.1 Å². The second-order valence-corrected chi connectivity index (χ2v) is 3.49. The number of rotatable bonds is 3. The highest BCUT2D eigenvalue weighted by atomic mass is 16.2. The number of pyridine rings is 1. The maximum Gasteiger partial charge on any atom is 0.241 e. The zero-order valence-corrected chi connectivity index (χ0v) is 8.40. The molecule has 4 heteroatoms. The SMILES string of the molecule is CC(C)[C@@H](N)C(=O)Nc1ccncc1. The highest BCUT2D eigenvalue weighted by Gasteiger charge is 2.16. The summed E-state index contributed by atoms with van der Waals surface area (Å²) in [5.41, 5.74) is 6.40. The van der Waals surface area contributed by atoms with Gasteiger partial charge in [-0.3, -0.25) is 9.78 Å². The van der Waals surface area contributed by atoms with Crippen molar-refractivity contribution < 1.29 is 4.79 Å². The molecule has 1 amide bonds. The fourth-order valence-electron chi connectivity index (χ4n) is 0.964. The number of amides is 1. The molecule has 0 aliphatic heterocycles. The maximum atomic E-state index is 11.5. The quantitative estimate of drug-likeness (QED) is 0.752. The van der Waals surface area contributed by atoms with E-state index in [1.54, 1.807) is 24.5 Å². The fraction of sp³-hybridized carbons (Fsp3) is 0.400. The van der Waals surface area contributed by atoms with Gasteiger partial charge in [0.15, 0.2) is 0 Å². The van der Waals surface area contributed by atoms with Crippen LogP contribution in [0.15, 0.2) is 24.5 Å². The molecule has 14 heavy (non-hydrogen) atoms. The number of aromatic nitrogens is 1. The van der Waals surface area contributed by atoms with Crippen LogP contribution in [-0.2, 0) is 4.79 Å². The normalized spacial score (nSPS) is 12.6. The summed E-state index contributed by atoms with van der Waals surface area (Å²) in [6.07, 6.45) is 3.24. The molecule has 1 rings (SSSR count). The zero-order chi connectivity index (χ0) is 10.6. The first kappa shape index (κ1) is 10.7. The highest BCUT2D eigenvalue weighted by Crippen LogP contribution is 2.06. The Morgan fingerprint density at radius 1 is 1.43 bits per heavy atom. The van der Waals surface area contributed by atoms with Crippen LogP contribution in [-0.4, -0.2) is 16.9 Å². The average molecular weight is 193 g/mol. The van der Waals surface area contributed by atoms with Crippen molar-refractivity contribution in [2.45, 2.75) is 19.9 Å². The molecule has 0 bridgehead atoms. The smallest absolute Gasteiger partial charge is 0.241 e. The molecule has 0 spiro atoms. The maximum absolute atomic E-state index is 11.5. The van der Waals surface area contributed by atoms with E-state index in [1.165, 1.54) is 0 Å². The van der Waals surface area contributed by atoms with Gasteiger partial charge in [0.25, 0.3) is 0 Å². The van der Waals surface area contributed by atoms with Gasteiger partial charge in [-0.15, -0.1) is 0 Å². The molecule has 0 saturated heterocycles. The lowest BCUT2D eigenvalue weighted by molar-refractivity contribution is -0.118. The van der Waals surface area contributed by atoms with Crippen LogP contribution in [0, 0.1) is 5.92 Å². The predicted molar refractivity (Wildman–Crippen MR) is 55.7 cm³/mol. The molecular weight excluding hydrogens is 178 g/mol. The van der Waals surface area contributed by atoms with Gasteiger partial charge in [0.2, 0.25) is 5.91 Å². The lowest BCUT2D eigenvalue weighted by Gasteiger charge is -2.14. The van der Waals surface area contributed by atoms with Crippen molar-refractivity contribution in [3.05, 3.63) is 24.5 Å². The summed E-state index contributed by atoms with van der Waals surface area (Å²) in [6, 6.07) is 2.98. The predicted octanol–water partition coefficient (Wildman–Crippen LogP) is 1.00. The molecule has 0 radical (unpaired) electrons. The highest BCUT2D eigenvalue weighted by molar-refractivity contribution is 5.94. The van der Waals surface area contributed by atoms with Gasteiger partial charge in [0.1, 0.15) is 0 Å². The lowest BCUT2D eigenvalue weighted by Crippen LogP contribution is -2.39. The van der Waals surface area contributed by atoms with E-state index in [1.807, 2.05) is 13.8 Å². The lowest BCUT2D eigenvalue weighted by atomic mass is 10.1. The van der Waals surface area contributed by atoms with E-state index in [2.05, 4.69) is 10.3 Å². The van der Waals surface area contributed by atoms with Crippen LogP contribution in [0.4, 0.5) is 5.69 Å². The average Bonchev–Trinajstić information content (AvgIpc) is 2.18. The second kappa shape index (κ2) is 4.72. The largest absolute Gasteiger partial charge is 0.325 e. The molecule has 3 N–H and O–H groups in total. The van der Waals surface area contributed by atoms with Crippen molar-refractivity contribution in [3.63, 3.8) is 0 Å². The van der Waals surface area contributed by atoms with E-state index in [9.17, 15) is 4.79 Å². The Morgan fingerprint density at radius 2 is 2.00 bits per heavy atom. The molecular formula is C10H15N3O. The Bertz CT molecular complexity index is 297. The molecule has 0 fully saturated rings. The van der Waals surface area contributed by atoms with Gasteiger partial charge in [-0.1, -0.05) is 13.8 Å². The summed E-state index contributed by atoms with van der Waals surface area (Å²) >= 11 is 0. The van der Waals surface area contributed by atoms with Crippen molar-refractivity contribution in [2.24, 2.45) is 11.7 Å². The van der Waals surface area contributed by atoms with Crippen molar-refractivity contribution in [1.29, 1.82) is 0 Å². The molecule has 1 heterocycles. The molecule has 4 nitrogen and oxygen atoms in total. The van der Waals surface area contributed by atoms with E-state index < -0.39 is 6.04 Å². The molecule has 0 aliphatic rings. The van der Waals surface area contributed by atoms with E-state index in [0.29, 0.717) is 0 Å². The molecule has 0 aliphatic carbocycles. The number of nitrogens with two attached hydrogens (primary N) is 1. The van der Waals surface area contributed by atoms with Crippen molar-refractivity contribution in [2.75, 3.05) is 5.32 Å². The monoisotopic (exact) mass is 193 g/mol. The fourth-order valence-corrected chi connectivity index (χ4v) is 0.964. The van der Waals surface area contributed by atoms with Gasteiger partial charge in [0, 0.05) is 18.1 Å². The van der Waals surface area contributed by atoms with E-state index in [-0.39, 0.29) is 11.8 Å². The van der Waals surface area contributed by atoms with Crippen LogP contribution < -0.4 is 11.1 Å². The molecule has 0 saturated carbocycles. The molecule has 0 unspecified atom stereocenters. The summed E-state index contributed by atoms with van der Waals surface area (Å²) in [7, 11) is 0. The number of anilines is 1. The van der Waals surface area contributed by atoms with Gasteiger partial charge in [-0.25, -0.2) is 0 Å². The van der Waals surface area contributed by atoms with E-state index >= 15 is 0 Å². The van der Waals surface area contributed by atoms with E-state index in [4.69, 9.17) is 5.73 Å². The number of nitrogens with one attached hydrogen (secondary N) is 1. The Balaban J connectivity index is 2.58. The molecule has 0 aromatic carbocycles. The van der Waals surface area contributed by atoms with Crippen molar-refractivity contribution in [1.82, 2.24) is 4.98 Å². The number of hydrogen-bond donors (Lipinski definition) is 2. The molecule has 76 valence electrons. The number of hydrogen-bond acceptors (Lipinski definition) is 3. The van der Waals surface area contributed by atoms with Crippen LogP contribution in [0.3, 0.4) is 0 Å². The molecule has 1 aromatic heterocycles. The van der Waals surface area contributed by atoms with Crippen molar-refractivity contribution >= 4 is 11.6 Å². The Labute approximate surface area is 83.5 Å². The number of nitrogens with zero attached hydrogens (tertiary/aromatic N) is 1. The summed E-state index contributed by atoms with van der Waals surface area (Å²) in [5.74, 6) is -0.0250. The second-order valence-electron chi connectivity index (χ2n) is 3.49. The summed E-state index contributed by atoms with van der Waals surface area (Å²) in [5, 5.41) is 2.72. The van der Waals surface area contributed by atoms with Crippen LogP contribution in [0.25, 0.3) is 0 Å². The molecule has 1 aromatic rings. The van der Waals surface area contributed by atoms with Gasteiger partial charge >= 0.3 is 0 Å². The first-order chi connectivity index (χ1) is 6.61. The Kier molecular flexibility index (Phi) is 3.59. The topological polar surface area (TPSA) is 68.0 Å². The third kappa shape index (κ3) is 2.81. The van der Waals surface area contributed by atoms with E-state index in [0.717, 1.165) is 5.69 Å². The minimum atomic E-state index is -0.469. The van der Waals surface area contributed by atoms with Crippen LogP contribution in [0.2, 0.25) is 0 Å². The Morgan fingerprint density at radius 3 is 2.50 bits per heavy atom. The Hall–Kier alpha value is -1.42. The number of carbonyl (C=O) groups is 1. The number of carbonyl (C=O) groups excluding carboxylic acids is 1. The van der Waals surface area contributed by atoms with Gasteiger partial charge in [-0.05, 0) is 18.1 Å². The van der Waals surface area contributed by atoms with Gasteiger partial charge in [0.05, 0.1) is 6.04 Å². The van der Waals surface area contributed by atoms with Gasteiger partial charge in [-0.2, -0.15) is 0 Å². The standard InChI is InChI=1S/C10H15N3O/c1-7(2)9(11)10(14)13-8-3-5-12-6-4-8/h3-7,9H,11H2,1-2H3,(H,12,13,14)/t9-/m1/s1. The van der Waals surface area contributed by atoms with Crippen LogP contribution >= 0.6 is 0 Å². The minimum Gasteiger partial charge on any atom is -0.325 e. The third-order valence-electron chi connectivity index (χ3n) is 1.97. The summed E-state index contributed by atoms with van der Waals surface area (Å²) < 4.78 is 0. The van der Waals surface area contributed by atoms with Crippen LogP contribution in [0.5, 0.6) is 0 Å². The summed E-state index contributed by atoms with van der Waals surface area (Å²) in [6.45, 7) is 3.83.